The van der Waals surface area contributed by atoms with Gasteiger partial charge in [0.2, 0.25) is 0 Å². The molecule has 0 spiro atoms. The Bertz CT molecular complexity index is 2850. The minimum Gasteiger partial charge on any atom is -0.309 e. The lowest BCUT2D eigenvalue weighted by atomic mass is 10.0. The number of aromatic nitrogens is 2. The fourth-order valence-electron chi connectivity index (χ4n) is 6.28. The molecule has 0 aliphatic rings. The number of halogens is 2. The van der Waals surface area contributed by atoms with E-state index in [1.165, 1.54) is 0 Å². The molecule has 7 aromatic carbocycles. The first-order valence-corrected chi connectivity index (χ1v) is 13.9. The number of benzene rings is 7. The van der Waals surface area contributed by atoms with Crippen molar-refractivity contribution in [3.8, 4) is 11.4 Å². The second kappa shape index (κ2) is 8.87. The monoisotopic (exact) mass is 586 g/mol. The highest BCUT2D eigenvalue weighted by Gasteiger charge is 2.21. The zero-order chi connectivity index (χ0) is 36.7. The lowest BCUT2D eigenvalue weighted by Crippen LogP contribution is -1.95. The van der Waals surface area contributed by atoms with Crippen molar-refractivity contribution in [2.24, 2.45) is 0 Å². The number of rotatable bonds is 2. The number of hydrogen-bond acceptors (Lipinski definition) is 0. The third kappa shape index (κ3) is 3.34. The van der Waals surface area contributed by atoms with Crippen LogP contribution in [0.2, 0.25) is 10.0 Å². The Morgan fingerprint density at radius 3 is 1.26 bits per heavy atom. The van der Waals surface area contributed by atoms with Crippen LogP contribution in [0.25, 0.3) is 76.5 Å². The lowest BCUT2D eigenvalue weighted by molar-refractivity contribution is 1.18. The molecule has 0 atom stereocenters. The first-order chi connectivity index (χ1) is 24.8. The summed E-state index contributed by atoms with van der Waals surface area (Å²) in [5.74, 6) is 0. The summed E-state index contributed by atoms with van der Waals surface area (Å²) >= 11 is 12.8. The summed E-state index contributed by atoms with van der Waals surface area (Å²) in [6.45, 7) is 0. The van der Waals surface area contributed by atoms with E-state index in [2.05, 4.69) is 0 Å². The van der Waals surface area contributed by atoms with E-state index < -0.39 is 36.3 Å². The van der Waals surface area contributed by atoms with E-state index in [9.17, 15) is 0 Å². The van der Waals surface area contributed by atoms with Crippen molar-refractivity contribution in [1.29, 1.82) is 0 Å². The van der Waals surface area contributed by atoms with E-state index >= 15 is 0 Å². The van der Waals surface area contributed by atoms with E-state index in [1.54, 1.807) is 33.4 Å². The van der Waals surface area contributed by atoms with Gasteiger partial charge >= 0.3 is 0 Å². The zero-order valence-corrected chi connectivity index (χ0v) is 23.1. The molecule has 2 nitrogen and oxygen atoms in total. The average molecular weight is 588 g/mol. The van der Waals surface area contributed by atoms with Gasteiger partial charge in [0.1, 0.15) is 0 Å². The normalized spacial score (nSPS) is 15.4. The number of nitrogens with zero attached hydrogens (tertiary/aromatic N) is 2. The highest BCUT2D eigenvalue weighted by Crippen LogP contribution is 2.43. The molecule has 0 saturated heterocycles. The van der Waals surface area contributed by atoms with Gasteiger partial charge in [-0.05, 0) is 71.3 Å². The average Bonchev–Trinajstić information content (AvgIpc) is 3.62. The maximum Gasteiger partial charge on any atom is 0.0645 e. The molecule has 0 unspecified atom stereocenters. The van der Waals surface area contributed by atoms with Crippen LogP contribution in [0.3, 0.4) is 0 Å². The molecule has 0 aliphatic carbocycles. The molecule has 0 fully saturated rings. The summed E-state index contributed by atoms with van der Waals surface area (Å²) in [5.41, 5.74) is 2.22. The lowest BCUT2D eigenvalue weighted by Gasteiger charge is -2.10. The van der Waals surface area contributed by atoms with Crippen LogP contribution < -0.4 is 0 Å². The summed E-state index contributed by atoms with van der Waals surface area (Å²) in [5, 5.41) is 6.74. The summed E-state index contributed by atoms with van der Waals surface area (Å²) in [6.07, 6.45) is 0. The van der Waals surface area contributed by atoms with Gasteiger partial charge in [-0.3, -0.25) is 0 Å². The van der Waals surface area contributed by atoms with E-state index in [0.29, 0.717) is 53.7 Å². The summed E-state index contributed by atoms with van der Waals surface area (Å²) < 4.78 is 90.1. The minimum absolute atomic E-state index is 0.0257. The van der Waals surface area contributed by atoms with Crippen LogP contribution in [-0.4, -0.2) is 9.13 Å². The van der Waals surface area contributed by atoms with Crippen LogP contribution in [-0.2, 0) is 0 Å². The van der Waals surface area contributed by atoms with Gasteiger partial charge in [0.05, 0.1) is 35.8 Å². The van der Waals surface area contributed by atoms with Crippen molar-refractivity contribution in [3.63, 3.8) is 0 Å². The highest BCUT2D eigenvalue weighted by molar-refractivity contribution is 6.33. The molecule has 4 heteroatoms. The van der Waals surface area contributed by atoms with Crippen LogP contribution in [0.4, 0.5) is 0 Å². The predicted octanol–water partition coefficient (Wildman–Crippen LogP) is 11.5. The van der Waals surface area contributed by atoms with Crippen LogP contribution >= 0.6 is 23.2 Å². The molecule has 0 N–H and O–H groups in total. The standard InChI is InChI=1S/C38H22Cl2N2/c39-25-13-17-29-23(19-25)11-15-31-33-22-36-34(21-35(33)41(37(29)31)27-7-3-1-4-8-27)32-16-12-24-20-26(40)14-18-30(24)38(32)42(36)28-9-5-2-6-10-28/h1-22H/i1D,2D,3D,4D,5D,6D,7D,8D,9D,10D. The van der Waals surface area contributed by atoms with Crippen molar-refractivity contribution in [2.75, 3.05) is 0 Å². The molecule has 0 radical (unpaired) electrons. The molecule has 0 aliphatic heterocycles. The topological polar surface area (TPSA) is 9.86 Å². The fourth-order valence-corrected chi connectivity index (χ4v) is 6.64. The first kappa shape index (κ1) is 16.0. The van der Waals surface area contributed by atoms with Gasteiger partial charge in [-0.1, -0.05) is 95.9 Å². The Hall–Kier alpha value is -4.76. The van der Waals surface area contributed by atoms with E-state index in [1.807, 2.05) is 48.5 Å². The molecule has 198 valence electrons. The molecular weight excluding hydrogens is 555 g/mol. The maximum atomic E-state index is 9.01. The highest BCUT2D eigenvalue weighted by atomic mass is 35.5. The predicted molar refractivity (Wildman–Crippen MR) is 180 cm³/mol. The molecule has 0 bridgehead atoms. The molecule has 9 rings (SSSR count). The fraction of sp³-hybridized carbons (Fsp3) is 0. The zero-order valence-electron chi connectivity index (χ0n) is 31.6. The summed E-state index contributed by atoms with van der Waals surface area (Å²) in [6, 6.07) is 17.7. The van der Waals surface area contributed by atoms with Gasteiger partial charge < -0.3 is 9.13 Å². The summed E-state index contributed by atoms with van der Waals surface area (Å²) in [4.78, 5) is 0. The van der Waals surface area contributed by atoms with E-state index in [4.69, 9.17) is 36.9 Å². The van der Waals surface area contributed by atoms with Gasteiger partial charge in [0.15, 0.2) is 0 Å². The van der Waals surface area contributed by atoms with Crippen molar-refractivity contribution in [1.82, 2.24) is 9.13 Å². The van der Waals surface area contributed by atoms with Crippen LogP contribution in [0, 0.1) is 0 Å². The van der Waals surface area contributed by atoms with Crippen molar-refractivity contribution < 1.29 is 13.7 Å². The molecule has 0 amide bonds. The first-order valence-electron chi connectivity index (χ1n) is 18.2. The molecule has 2 aromatic heterocycles. The van der Waals surface area contributed by atoms with Gasteiger partial charge in [-0.15, -0.1) is 0 Å². The van der Waals surface area contributed by atoms with E-state index in [0.717, 1.165) is 21.5 Å². The van der Waals surface area contributed by atoms with Crippen molar-refractivity contribution >= 4 is 88.4 Å². The maximum absolute atomic E-state index is 9.01. The number of para-hydroxylation sites is 2. The van der Waals surface area contributed by atoms with Gasteiger partial charge in [-0.25, -0.2) is 0 Å². The van der Waals surface area contributed by atoms with Gasteiger partial charge in [0, 0.05) is 53.7 Å². The quantitative estimate of drug-likeness (QED) is 0.190. The summed E-state index contributed by atoms with van der Waals surface area (Å²) in [7, 11) is 0. The molecule has 42 heavy (non-hydrogen) atoms. The Labute approximate surface area is 265 Å². The Morgan fingerprint density at radius 1 is 0.429 bits per heavy atom. The smallest absolute Gasteiger partial charge is 0.0645 e. The van der Waals surface area contributed by atoms with Crippen LogP contribution in [0.5, 0.6) is 0 Å². The SMILES string of the molecule is [2H]c1c([2H])c([2H])c(-n2c3cc4c5ccc6cc(Cl)ccc6c5n(-c5c([2H])c([2H])c([2H])c([2H])c5[2H])c4cc3c3ccc4cc(Cl)ccc4c32)c([2H])c1[2H]. The largest absolute Gasteiger partial charge is 0.309 e. The van der Waals surface area contributed by atoms with Gasteiger partial charge in [-0.2, -0.15) is 0 Å². The third-order valence-electron chi connectivity index (χ3n) is 7.95. The minimum atomic E-state index is -0.507. The third-order valence-corrected chi connectivity index (χ3v) is 8.42. The molecule has 2 heterocycles. The molecule has 9 aromatic rings. The number of fused-ring (bicyclic) bond motifs is 10. The Morgan fingerprint density at radius 2 is 0.833 bits per heavy atom. The molecule has 0 saturated carbocycles. The Kier molecular flexibility index (Phi) is 3.38. The van der Waals surface area contributed by atoms with E-state index in [-0.39, 0.29) is 35.5 Å². The Balaban J connectivity index is 1.57. The number of hydrogen-bond donors (Lipinski definition) is 0. The molecular formula is C38H22Cl2N2. The van der Waals surface area contributed by atoms with Gasteiger partial charge in [0.25, 0.3) is 0 Å². The second-order valence-corrected chi connectivity index (χ2v) is 11.0. The second-order valence-electron chi connectivity index (χ2n) is 10.2. The van der Waals surface area contributed by atoms with Crippen LogP contribution in [0.15, 0.2) is 133 Å². The van der Waals surface area contributed by atoms with Crippen molar-refractivity contribution in [3.05, 3.63) is 143 Å². The van der Waals surface area contributed by atoms with Crippen molar-refractivity contribution in [2.45, 2.75) is 0 Å². The van der Waals surface area contributed by atoms with Crippen LogP contribution in [0.1, 0.15) is 13.7 Å².